The smallest absolute Gasteiger partial charge is 0.124 e. The lowest BCUT2D eigenvalue weighted by atomic mass is 9.97. The summed E-state index contributed by atoms with van der Waals surface area (Å²) in [4.78, 5) is 0. The zero-order chi connectivity index (χ0) is 15.1. The van der Waals surface area contributed by atoms with Gasteiger partial charge in [-0.15, -0.1) is 6.58 Å². The van der Waals surface area contributed by atoms with E-state index >= 15 is 0 Å². The largest absolute Gasteiger partial charge is 0.507 e. The fraction of sp³-hybridized carbons (Fsp3) is 0.222. The van der Waals surface area contributed by atoms with Crippen LogP contribution in [0.25, 0.3) is 0 Å². The normalized spacial score (nSPS) is 11.9. The van der Waals surface area contributed by atoms with Crippen LogP contribution < -0.4 is 10.1 Å². The minimum Gasteiger partial charge on any atom is -0.507 e. The van der Waals surface area contributed by atoms with Gasteiger partial charge < -0.3 is 15.2 Å². The van der Waals surface area contributed by atoms with Gasteiger partial charge in [0.05, 0.1) is 13.2 Å². The van der Waals surface area contributed by atoms with Crippen molar-refractivity contribution in [1.29, 1.82) is 0 Å². The Balaban J connectivity index is 2.32. The first kappa shape index (κ1) is 15.1. The van der Waals surface area contributed by atoms with Gasteiger partial charge in [-0.2, -0.15) is 0 Å². The number of benzene rings is 2. The number of nitrogens with one attached hydrogen (secondary N) is 1. The van der Waals surface area contributed by atoms with Crippen LogP contribution in [0.4, 0.5) is 0 Å². The highest BCUT2D eigenvalue weighted by Crippen LogP contribution is 2.32. The molecule has 1 unspecified atom stereocenters. The Morgan fingerprint density at radius 2 is 2.00 bits per heavy atom. The Labute approximate surface area is 125 Å². The molecule has 1 atom stereocenters. The quantitative estimate of drug-likeness (QED) is 0.602. The van der Waals surface area contributed by atoms with Crippen LogP contribution in [0, 0.1) is 0 Å². The molecular formula is C18H21NO2. The van der Waals surface area contributed by atoms with Gasteiger partial charge in [-0.05, 0) is 30.7 Å². The summed E-state index contributed by atoms with van der Waals surface area (Å²) in [5.74, 6) is 0.878. The van der Waals surface area contributed by atoms with Gasteiger partial charge in [0.1, 0.15) is 11.5 Å². The molecule has 0 aliphatic rings. The molecule has 3 heteroatoms. The number of hydrogen-bond acceptors (Lipinski definition) is 3. The third-order valence-electron chi connectivity index (χ3n) is 3.38. The molecule has 3 nitrogen and oxygen atoms in total. The van der Waals surface area contributed by atoms with Gasteiger partial charge >= 0.3 is 0 Å². The molecular weight excluding hydrogens is 262 g/mol. The van der Waals surface area contributed by atoms with Crippen LogP contribution in [0.3, 0.4) is 0 Å². The van der Waals surface area contributed by atoms with E-state index in [1.807, 2.05) is 36.4 Å². The van der Waals surface area contributed by atoms with E-state index in [4.69, 9.17) is 4.74 Å². The van der Waals surface area contributed by atoms with Crippen molar-refractivity contribution in [2.24, 2.45) is 0 Å². The summed E-state index contributed by atoms with van der Waals surface area (Å²) >= 11 is 0. The molecule has 0 aromatic heterocycles. The van der Waals surface area contributed by atoms with Crippen LogP contribution in [0.15, 0.2) is 61.2 Å². The van der Waals surface area contributed by atoms with Gasteiger partial charge in [0, 0.05) is 11.6 Å². The van der Waals surface area contributed by atoms with Crippen molar-refractivity contribution >= 4 is 0 Å². The molecule has 0 saturated heterocycles. The van der Waals surface area contributed by atoms with Gasteiger partial charge in [-0.25, -0.2) is 0 Å². The van der Waals surface area contributed by atoms with Crippen molar-refractivity contribution in [2.45, 2.75) is 12.5 Å². The molecule has 0 saturated carbocycles. The Hall–Kier alpha value is -2.26. The van der Waals surface area contributed by atoms with Crippen LogP contribution in [0.1, 0.15) is 23.6 Å². The molecule has 110 valence electrons. The second-order valence-electron chi connectivity index (χ2n) is 4.80. The number of rotatable bonds is 7. The van der Waals surface area contributed by atoms with Crippen molar-refractivity contribution in [3.63, 3.8) is 0 Å². The highest BCUT2D eigenvalue weighted by atomic mass is 16.5. The van der Waals surface area contributed by atoms with Gasteiger partial charge in [0.2, 0.25) is 0 Å². The van der Waals surface area contributed by atoms with E-state index in [2.05, 4.69) is 24.0 Å². The molecule has 0 heterocycles. The summed E-state index contributed by atoms with van der Waals surface area (Å²) in [6.45, 7) is 4.54. The Morgan fingerprint density at radius 3 is 2.62 bits per heavy atom. The number of ether oxygens (including phenoxy) is 1. The van der Waals surface area contributed by atoms with Crippen molar-refractivity contribution in [1.82, 2.24) is 5.32 Å². The highest BCUT2D eigenvalue weighted by molar-refractivity contribution is 5.45. The van der Waals surface area contributed by atoms with Crippen LogP contribution in [-0.2, 0) is 0 Å². The minimum absolute atomic E-state index is 0.0583. The molecule has 0 fully saturated rings. The lowest BCUT2D eigenvalue weighted by molar-refractivity contribution is 0.404. The van der Waals surface area contributed by atoms with Crippen LogP contribution in [0.2, 0.25) is 0 Å². The van der Waals surface area contributed by atoms with Gasteiger partial charge in [-0.1, -0.05) is 36.4 Å². The molecule has 21 heavy (non-hydrogen) atoms. The monoisotopic (exact) mass is 283 g/mol. The number of phenolic OH excluding ortho intramolecular Hbond substituents is 1. The van der Waals surface area contributed by atoms with E-state index in [1.165, 1.54) is 0 Å². The van der Waals surface area contributed by atoms with Crippen molar-refractivity contribution in [3.8, 4) is 11.5 Å². The van der Waals surface area contributed by atoms with Crippen LogP contribution >= 0.6 is 0 Å². The predicted molar refractivity (Wildman–Crippen MR) is 85.8 cm³/mol. The predicted octanol–water partition coefficient (Wildman–Crippen LogP) is 3.66. The lowest BCUT2D eigenvalue weighted by Crippen LogP contribution is -2.23. The second-order valence-corrected chi connectivity index (χ2v) is 4.80. The van der Waals surface area contributed by atoms with E-state index in [0.717, 1.165) is 24.1 Å². The number of phenols is 1. The molecule has 2 rings (SSSR count). The molecule has 0 aliphatic carbocycles. The first-order valence-electron chi connectivity index (χ1n) is 7.02. The maximum atomic E-state index is 10.3. The fourth-order valence-electron chi connectivity index (χ4n) is 2.28. The third-order valence-corrected chi connectivity index (χ3v) is 3.38. The number of hydrogen-bond donors (Lipinski definition) is 2. The summed E-state index contributed by atoms with van der Waals surface area (Å²) in [6, 6.07) is 15.4. The van der Waals surface area contributed by atoms with E-state index in [-0.39, 0.29) is 11.8 Å². The maximum absolute atomic E-state index is 10.3. The molecule has 0 spiro atoms. The molecule has 2 N–H and O–H groups in total. The van der Waals surface area contributed by atoms with Crippen molar-refractivity contribution in [3.05, 3.63) is 72.3 Å². The van der Waals surface area contributed by atoms with Gasteiger partial charge in [0.25, 0.3) is 0 Å². The van der Waals surface area contributed by atoms with Gasteiger partial charge in [-0.3, -0.25) is 0 Å². The average molecular weight is 283 g/mol. The van der Waals surface area contributed by atoms with Crippen molar-refractivity contribution in [2.75, 3.05) is 13.7 Å². The summed E-state index contributed by atoms with van der Waals surface area (Å²) in [7, 11) is 1.59. The highest BCUT2D eigenvalue weighted by Gasteiger charge is 2.17. The Bertz CT molecular complexity index is 581. The van der Waals surface area contributed by atoms with E-state index < -0.39 is 0 Å². The van der Waals surface area contributed by atoms with Crippen molar-refractivity contribution < 1.29 is 9.84 Å². The molecule has 0 radical (unpaired) electrons. The SMILES string of the molecule is C=CCCNC(c1ccccc1)c1ccc(OC)cc1O. The zero-order valence-electron chi connectivity index (χ0n) is 12.3. The van der Waals surface area contributed by atoms with Gasteiger partial charge in [0.15, 0.2) is 0 Å². The fourth-order valence-corrected chi connectivity index (χ4v) is 2.28. The van der Waals surface area contributed by atoms with E-state index in [1.54, 1.807) is 13.2 Å². The third kappa shape index (κ3) is 3.86. The maximum Gasteiger partial charge on any atom is 0.124 e. The lowest BCUT2D eigenvalue weighted by Gasteiger charge is -2.21. The molecule has 2 aromatic carbocycles. The number of methoxy groups -OCH3 is 1. The Kier molecular flexibility index (Phi) is 5.41. The average Bonchev–Trinajstić information content (AvgIpc) is 2.53. The summed E-state index contributed by atoms with van der Waals surface area (Å²) in [5.41, 5.74) is 1.95. The molecule has 0 bridgehead atoms. The molecule has 2 aromatic rings. The van der Waals surface area contributed by atoms with E-state index in [9.17, 15) is 5.11 Å². The second kappa shape index (κ2) is 7.50. The standard InChI is InChI=1S/C18H21NO2/c1-3-4-12-19-18(14-8-6-5-7-9-14)16-11-10-15(21-2)13-17(16)20/h3,5-11,13,18-20H,1,4,12H2,2H3. The summed E-state index contributed by atoms with van der Waals surface area (Å²) in [5, 5.41) is 13.7. The topological polar surface area (TPSA) is 41.5 Å². The first-order chi connectivity index (χ1) is 10.3. The van der Waals surface area contributed by atoms with Crippen LogP contribution in [0.5, 0.6) is 11.5 Å². The number of aromatic hydroxyl groups is 1. The summed E-state index contributed by atoms with van der Waals surface area (Å²) in [6.07, 6.45) is 2.75. The Morgan fingerprint density at radius 1 is 1.24 bits per heavy atom. The first-order valence-corrected chi connectivity index (χ1v) is 7.02. The van der Waals surface area contributed by atoms with E-state index in [0.29, 0.717) is 5.75 Å². The zero-order valence-corrected chi connectivity index (χ0v) is 12.3. The summed E-state index contributed by atoms with van der Waals surface area (Å²) < 4.78 is 5.14. The minimum atomic E-state index is -0.0583. The molecule has 0 aliphatic heterocycles. The molecule has 0 amide bonds. The van der Waals surface area contributed by atoms with Crippen LogP contribution in [-0.4, -0.2) is 18.8 Å².